The summed E-state index contributed by atoms with van der Waals surface area (Å²) in [5.41, 5.74) is 1.33. The Morgan fingerprint density at radius 1 is 1.30 bits per heavy atom. The summed E-state index contributed by atoms with van der Waals surface area (Å²) in [5.74, 6) is -0.00411. The van der Waals surface area contributed by atoms with Crippen LogP contribution in [-0.2, 0) is 0 Å². The Morgan fingerprint density at radius 3 is 2.65 bits per heavy atom. The molecular weight excluding hydrogens is 280 g/mol. The molecule has 1 atom stereocenters. The number of halogens is 1. The summed E-state index contributed by atoms with van der Waals surface area (Å²) in [5, 5.41) is 23.7. The molecule has 0 heterocycles. The second-order valence-corrected chi connectivity index (χ2v) is 4.76. The molecule has 20 heavy (non-hydrogen) atoms. The SMILES string of the molecule is CC(Nc1ccc(O)c(Cl)c1)c1ccccc1[N+](=O)[O-]. The average molecular weight is 293 g/mol. The average Bonchev–Trinajstić information content (AvgIpc) is 2.43. The van der Waals surface area contributed by atoms with Crippen molar-refractivity contribution in [3.63, 3.8) is 0 Å². The molecule has 0 radical (unpaired) electrons. The number of hydrogen-bond donors (Lipinski definition) is 2. The predicted octanol–water partition coefficient (Wildman–Crippen LogP) is 4.13. The van der Waals surface area contributed by atoms with Crippen molar-refractivity contribution in [3.05, 3.63) is 63.2 Å². The van der Waals surface area contributed by atoms with Crippen LogP contribution in [0.3, 0.4) is 0 Å². The lowest BCUT2D eigenvalue weighted by Crippen LogP contribution is -2.09. The lowest BCUT2D eigenvalue weighted by Gasteiger charge is -2.16. The van der Waals surface area contributed by atoms with Crippen LogP contribution in [0.4, 0.5) is 11.4 Å². The summed E-state index contributed by atoms with van der Waals surface area (Å²) in [6, 6.07) is 11.0. The maximum absolute atomic E-state index is 11.0. The van der Waals surface area contributed by atoms with Crippen molar-refractivity contribution in [1.29, 1.82) is 0 Å². The van der Waals surface area contributed by atoms with Gasteiger partial charge in [-0.2, -0.15) is 0 Å². The number of aromatic hydroxyl groups is 1. The van der Waals surface area contributed by atoms with Crippen LogP contribution in [0.2, 0.25) is 5.02 Å². The van der Waals surface area contributed by atoms with Crippen molar-refractivity contribution in [3.8, 4) is 5.75 Å². The van der Waals surface area contributed by atoms with E-state index in [1.807, 2.05) is 6.92 Å². The van der Waals surface area contributed by atoms with E-state index in [-0.39, 0.29) is 22.5 Å². The summed E-state index contributed by atoms with van der Waals surface area (Å²) in [6.07, 6.45) is 0. The minimum atomic E-state index is -0.405. The first-order chi connectivity index (χ1) is 9.49. The standard InChI is InChI=1S/C14H13ClN2O3/c1-9(11-4-2-3-5-13(11)17(19)20)16-10-6-7-14(18)12(15)8-10/h2-9,16,18H,1H3. The fourth-order valence-electron chi connectivity index (χ4n) is 1.94. The molecule has 0 saturated heterocycles. The van der Waals surface area contributed by atoms with Gasteiger partial charge < -0.3 is 10.4 Å². The number of nitrogens with one attached hydrogen (secondary N) is 1. The molecule has 0 bridgehead atoms. The number of benzene rings is 2. The normalized spacial score (nSPS) is 11.9. The van der Waals surface area contributed by atoms with Gasteiger partial charge in [0.2, 0.25) is 0 Å². The van der Waals surface area contributed by atoms with Crippen LogP contribution in [0, 0.1) is 10.1 Å². The molecule has 0 saturated carbocycles. The fraction of sp³-hybridized carbons (Fsp3) is 0.143. The zero-order valence-electron chi connectivity index (χ0n) is 10.7. The first-order valence-corrected chi connectivity index (χ1v) is 6.35. The molecule has 0 aliphatic heterocycles. The number of para-hydroxylation sites is 1. The van der Waals surface area contributed by atoms with E-state index in [0.717, 1.165) is 0 Å². The van der Waals surface area contributed by atoms with Gasteiger partial charge in [-0.25, -0.2) is 0 Å². The Bertz CT molecular complexity index is 646. The molecule has 2 rings (SSSR count). The number of hydrogen-bond acceptors (Lipinski definition) is 4. The number of phenolic OH excluding ortho intramolecular Hbond substituents is 1. The van der Waals surface area contributed by atoms with E-state index in [1.165, 1.54) is 12.1 Å². The topological polar surface area (TPSA) is 75.4 Å². The van der Waals surface area contributed by atoms with Crippen LogP contribution in [0.5, 0.6) is 5.75 Å². The van der Waals surface area contributed by atoms with Gasteiger partial charge >= 0.3 is 0 Å². The van der Waals surface area contributed by atoms with Crippen molar-refractivity contribution >= 4 is 23.0 Å². The van der Waals surface area contributed by atoms with Crippen LogP contribution in [0.1, 0.15) is 18.5 Å². The maximum atomic E-state index is 11.0. The van der Waals surface area contributed by atoms with Crippen LogP contribution in [0.15, 0.2) is 42.5 Å². The Labute approximate surface area is 121 Å². The van der Waals surface area contributed by atoms with Gasteiger partial charge in [0.15, 0.2) is 0 Å². The van der Waals surface area contributed by atoms with Gasteiger partial charge in [-0.05, 0) is 25.1 Å². The molecule has 2 N–H and O–H groups in total. The number of phenols is 1. The minimum absolute atomic E-state index is 0.00411. The Morgan fingerprint density at radius 2 is 2.00 bits per heavy atom. The molecule has 5 nitrogen and oxygen atoms in total. The number of nitro groups is 1. The van der Waals surface area contributed by atoms with Crippen molar-refractivity contribution in [1.82, 2.24) is 0 Å². The van der Waals surface area contributed by atoms with E-state index in [9.17, 15) is 15.2 Å². The van der Waals surface area contributed by atoms with Gasteiger partial charge in [0.05, 0.1) is 21.6 Å². The zero-order valence-corrected chi connectivity index (χ0v) is 11.5. The van der Waals surface area contributed by atoms with Gasteiger partial charge in [-0.15, -0.1) is 0 Å². The number of anilines is 1. The van der Waals surface area contributed by atoms with Crippen molar-refractivity contribution in [2.24, 2.45) is 0 Å². The molecular formula is C14H13ClN2O3. The second-order valence-electron chi connectivity index (χ2n) is 4.35. The largest absolute Gasteiger partial charge is 0.506 e. The monoisotopic (exact) mass is 292 g/mol. The van der Waals surface area contributed by atoms with Crippen molar-refractivity contribution in [2.45, 2.75) is 13.0 Å². The zero-order chi connectivity index (χ0) is 14.7. The molecule has 0 aliphatic carbocycles. The van der Waals surface area contributed by atoms with E-state index < -0.39 is 4.92 Å². The van der Waals surface area contributed by atoms with Crippen molar-refractivity contribution in [2.75, 3.05) is 5.32 Å². The van der Waals surface area contributed by atoms with E-state index in [0.29, 0.717) is 11.3 Å². The fourth-order valence-corrected chi connectivity index (χ4v) is 2.12. The molecule has 1 unspecified atom stereocenters. The molecule has 0 aliphatic rings. The van der Waals surface area contributed by atoms with E-state index in [1.54, 1.807) is 30.3 Å². The summed E-state index contributed by atoms with van der Waals surface area (Å²) in [4.78, 5) is 10.6. The van der Waals surface area contributed by atoms with Crippen molar-refractivity contribution < 1.29 is 10.0 Å². The number of nitro benzene ring substituents is 1. The Balaban J connectivity index is 2.26. The highest BCUT2D eigenvalue weighted by molar-refractivity contribution is 6.32. The summed E-state index contributed by atoms with van der Waals surface area (Å²) in [7, 11) is 0. The van der Waals surface area contributed by atoms with Gasteiger partial charge in [-0.1, -0.05) is 29.8 Å². The minimum Gasteiger partial charge on any atom is -0.506 e. The lowest BCUT2D eigenvalue weighted by atomic mass is 10.1. The first-order valence-electron chi connectivity index (χ1n) is 5.97. The lowest BCUT2D eigenvalue weighted by molar-refractivity contribution is -0.385. The van der Waals surface area contributed by atoms with Gasteiger partial charge in [0.25, 0.3) is 5.69 Å². The van der Waals surface area contributed by atoms with E-state index in [4.69, 9.17) is 11.6 Å². The smallest absolute Gasteiger partial charge is 0.274 e. The molecule has 0 amide bonds. The number of nitrogens with zero attached hydrogens (tertiary/aromatic N) is 1. The third kappa shape index (κ3) is 3.00. The molecule has 104 valence electrons. The van der Waals surface area contributed by atoms with Gasteiger partial charge in [0, 0.05) is 11.8 Å². The van der Waals surface area contributed by atoms with Gasteiger partial charge in [0.1, 0.15) is 5.75 Å². The molecule has 0 spiro atoms. The van der Waals surface area contributed by atoms with Crippen LogP contribution in [0.25, 0.3) is 0 Å². The molecule has 6 heteroatoms. The van der Waals surface area contributed by atoms with Crippen LogP contribution >= 0.6 is 11.6 Å². The molecule has 0 aromatic heterocycles. The number of rotatable bonds is 4. The summed E-state index contributed by atoms with van der Waals surface area (Å²) >= 11 is 5.83. The third-order valence-corrected chi connectivity index (χ3v) is 3.23. The highest BCUT2D eigenvalue weighted by atomic mass is 35.5. The summed E-state index contributed by atoms with van der Waals surface area (Å²) < 4.78 is 0. The summed E-state index contributed by atoms with van der Waals surface area (Å²) in [6.45, 7) is 1.82. The highest BCUT2D eigenvalue weighted by Gasteiger charge is 2.18. The predicted molar refractivity (Wildman–Crippen MR) is 78.3 cm³/mol. The molecule has 2 aromatic carbocycles. The van der Waals surface area contributed by atoms with E-state index in [2.05, 4.69) is 5.32 Å². The molecule has 0 fully saturated rings. The van der Waals surface area contributed by atoms with Gasteiger partial charge in [-0.3, -0.25) is 10.1 Å². The highest BCUT2D eigenvalue weighted by Crippen LogP contribution is 2.30. The van der Waals surface area contributed by atoms with E-state index >= 15 is 0 Å². The van der Waals surface area contributed by atoms with Crippen LogP contribution < -0.4 is 5.32 Å². The Hall–Kier alpha value is -2.27. The third-order valence-electron chi connectivity index (χ3n) is 2.93. The quantitative estimate of drug-likeness (QED) is 0.505. The Kier molecular flexibility index (Phi) is 4.10. The maximum Gasteiger partial charge on any atom is 0.274 e. The second kappa shape index (κ2) is 5.79. The molecule has 2 aromatic rings. The first kappa shape index (κ1) is 14.1. The van der Waals surface area contributed by atoms with Crippen LogP contribution in [-0.4, -0.2) is 10.0 Å².